The van der Waals surface area contributed by atoms with Gasteiger partial charge in [0, 0.05) is 12.7 Å². The number of aryl methyl sites for hydroxylation is 2. The van der Waals surface area contributed by atoms with Crippen LogP contribution in [0, 0.1) is 0 Å². The van der Waals surface area contributed by atoms with Crippen molar-refractivity contribution in [1.82, 2.24) is 30.5 Å². The first kappa shape index (κ1) is 15.8. The maximum Gasteiger partial charge on any atom is 0.228 e. The molecule has 0 aliphatic rings. The molecule has 0 aliphatic heterocycles. The van der Waals surface area contributed by atoms with Crippen molar-refractivity contribution >= 4 is 5.91 Å². The molecule has 24 heavy (non-hydrogen) atoms. The number of tetrazole rings is 1. The summed E-state index contributed by atoms with van der Waals surface area (Å²) in [6.45, 7) is 1.03. The molecule has 2 heterocycles. The predicted octanol–water partition coefficient (Wildman–Crippen LogP) is 1.17. The molecule has 3 aromatic rings. The Bertz CT molecular complexity index is 772. The monoisotopic (exact) mass is 322 g/mol. The molecule has 2 aromatic heterocycles. The van der Waals surface area contributed by atoms with Crippen LogP contribution in [-0.4, -0.2) is 31.1 Å². The largest absolute Gasteiger partial charge is 0.350 e. The van der Waals surface area contributed by atoms with Crippen LogP contribution < -0.4 is 5.32 Å². The molecule has 0 bridgehead atoms. The van der Waals surface area contributed by atoms with Gasteiger partial charge in [0.05, 0.1) is 18.7 Å². The van der Waals surface area contributed by atoms with Gasteiger partial charge in [-0.15, -0.1) is 5.10 Å². The third-order valence-electron chi connectivity index (χ3n) is 3.57. The molecule has 0 spiro atoms. The lowest BCUT2D eigenvalue weighted by Gasteiger charge is -2.06. The zero-order chi connectivity index (χ0) is 16.6. The number of benzene rings is 1. The van der Waals surface area contributed by atoms with Crippen LogP contribution in [0.1, 0.15) is 17.1 Å². The van der Waals surface area contributed by atoms with Gasteiger partial charge in [-0.2, -0.15) is 0 Å². The molecule has 0 atom stereocenters. The van der Waals surface area contributed by atoms with Crippen LogP contribution in [0.15, 0.2) is 54.7 Å². The van der Waals surface area contributed by atoms with Crippen molar-refractivity contribution < 1.29 is 4.79 Å². The third-order valence-corrected chi connectivity index (χ3v) is 3.57. The highest BCUT2D eigenvalue weighted by molar-refractivity contribution is 5.77. The normalized spacial score (nSPS) is 10.5. The number of amides is 1. The van der Waals surface area contributed by atoms with Gasteiger partial charge < -0.3 is 5.32 Å². The van der Waals surface area contributed by atoms with E-state index >= 15 is 0 Å². The molecule has 7 heteroatoms. The first-order valence-electron chi connectivity index (χ1n) is 7.77. The highest BCUT2D eigenvalue weighted by Crippen LogP contribution is 2.03. The van der Waals surface area contributed by atoms with Crippen molar-refractivity contribution in [2.24, 2.45) is 0 Å². The summed E-state index contributed by atoms with van der Waals surface area (Å²) in [5.41, 5.74) is 2.02. The fraction of sp³-hybridized carbons (Fsp3) is 0.235. The molecule has 3 rings (SSSR count). The van der Waals surface area contributed by atoms with Crippen molar-refractivity contribution in [2.75, 3.05) is 0 Å². The van der Waals surface area contributed by atoms with Crippen LogP contribution >= 0.6 is 0 Å². The summed E-state index contributed by atoms with van der Waals surface area (Å²) in [6.07, 6.45) is 2.66. The van der Waals surface area contributed by atoms with Gasteiger partial charge in [0.15, 0.2) is 5.82 Å². The Balaban J connectivity index is 1.52. The molecular weight excluding hydrogens is 304 g/mol. The highest BCUT2D eigenvalue weighted by Gasteiger charge is 2.11. The van der Waals surface area contributed by atoms with Gasteiger partial charge in [0.25, 0.3) is 0 Å². The molecule has 0 fully saturated rings. The van der Waals surface area contributed by atoms with E-state index in [2.05, 4.69) is 38.0 Å². The van der Waals surface area contributed by atoms with E-state index in [1.807, 2.05) is 36.4 Å². The molecule has 122 valence electrons. The topological polar surface area (TPSA) is 85.6 Å². The number of carbonyl (C=O) groups excluding carboxylic acids is 1. The van der Waals surface area contributed by atoms with Gasteiger partial charge in [-0.25, -0.2) is 4.68 Å². The van der Waals surface area contributed by atoms with Crippen molar-refractivity contribution in [1.29, 1.82) is 0 Å². The smallest absolute Gasteiger partial charge is 0.228 e. The van der Waals surface area contributed by atoms with Crippen molar-refractivity contribution in [3.05, 3.63) is 71.8 Å². The minimum atomic E-state index is -0.128. The highest BCUT2D eigenvalue weighted by atomic mass is 16.1. The van der Waals surface area contributed by atoms with Gasteiger partial charge in [-0.3, -0.25) is 9.78 Å². The number of hydrogen-bond donors (Lipinski definition) is 1. The fourth-order valence-electron chi connectivity index (χ4n) is 2.30. The van der Waals surface area contributed by atoms with E-state index in [9.17, 15) is 4.79 Å². The van der Waals surface area contributed by atoms with E-state index in [4.69, 9.17) is 0 Å². The maximum atomic E-state index is 12.1. The summed E-state index contributed by atoms with van der Waals surface area (Å²) in [5, 5.41) is 14.4. The summed E-state index contributed by atoms with van der Waals surface area (Å²) in [4.78, 5) is 16.2. The first-order valence-corrected chi connectivity index (χ1v) is 7.77. The van der Waals surface area contributed by atoms with E-state index in [0.717, 1.165) is 12.1 Å². The molecule has 0 radical (unpaired) electrons. The Morgan fingerprint density at radius 2 is 1.92 bits per heavy atom. The van der Waals surface area contributed by atoms with E-state index in [0.29, 0.717) is 18.9 Å². The van der Waals surface area contributed by atoms with Gasteiger partial charge in [-0.1, -0.05) is 36.4 Å². The summed E-state index contributed by atoms with van der Waals surface area (Å²) >= 11 is 0. The van der Waals surface area contributed by atoms with Gasteiger partial charge in [-0.05, 0) is 34.5 Å². The minimum absolute atomic E-state index is 0.128. The molecule has 7 nitrogen and oxygen atoms in total. The van der Waals surface area contributed by atoms with E-state index in [-0.39, 0.29) is 12.3 Å². The van der Waals surface area contributed by atoms with E-state index in [1.54, 1.807) is 10.9 Å². The van der Waals surface area contributed by atoms with Crippen molar-refractivity contribution in [3.63, 3.8) is 0 Å². The molecule has 1 amide bonds. The van der Waals surface area contributed by atoms with E-state index < -0.39 is 0 Å². The molecule has 0 aliphatic carbocycles. The SMILES string of the molecule is O=C(Cc1nnnn1CCc1ccccc1)NCc1ccccn1. The molecular formula is C17H18N6O. The zero-order valence-corrected chi connectivity index (χ0v) is 13.2. The van der Waals surface area contributed by atoms with Gasteiger partial charge in [0.2, 0.25) is 5.91 Å². The van der Waals surface area contributed by atoms with Gasteiger partial charge >= 0.3 is 0 Å². The van der Waals surface area contributed by atoms with Crippen LogP contribution in [0.3, 0.4) is 0 Å². The average Bonchev–Trinajstić information content (AvgIpc) is 3.07. The Morgan fingerprint density at radius 1 is 1.08 bits per heavy atom. The number of carbonyl (C=O) groups is 1. The van der Waals surface area contributed by atoms with Gasteiger partial charge in [0.1, 0.15) is 0 Å². The Hall–Kier alpha value is -3.09. The van der Waals surface area contributed by atoms with Crippen LogP contribution in [0.4, 0.5) is 0 Å². The molecule has 0 saturated heterocycles. The van der Waals surface area contributed by atoms with Crippen LogP contribution in [0.2, 0.25) is 0 Å². The summed E-state index contributed by atoms with van der Waals surface area (Å²) in [5.74, 6) is 0.431. The number of pyridine rings is 1. The van der Waals surface area contributed by atoms with Crippen molar-refractivity contribution in [2.45, 2.75) is 25.9 Å². The predicted molar refractivity (Wildman–Crippen MR) is 87.8 cm³/mol. The molecule has 0 unspecified atom stereocenters. The number of hydrogen-bond acceptors (Lipinski definition) is 5. The quantitative estimate of drug-likeness (QED) is 0.706. The maximum absolute atomic E-state index is 12.1. The second kappa shape index (κ2) is 7.96. The number of rotatable bonds is 7. The van der Waals surface area contributed by atoms with Crippen molar-refractivity contribution in [3.8, 4) is 0 Å². The molecule has 1 aromatic carbocycles. The van der Waals surface area contributed by atoms with Crippen LogP contribution in [-0.2, 0) is 30.7 Å². The zero-order valence-electron chi connectivity index (χ0n) is 13.2. The fourth-order valence-corrected chi connectivity index (χ4v) is 2.30. The third kappa shape index (κ3) is 4.45. The number of nitrogens with zero attached hydrogens (tertiary/aromatic N) is 5. The number of aromatic nitrogens is 5. The minimum Gasteiger partial charge on any atom is -0.350 e. The first-order chi connectivity index (χ1) is 11.8. The molecule has 1 N–H and O–H groups in total. The lowest BCUT2D eigenvalue weighted by molar-refractivity contribution is -0.120. The van der Waals surface area contributed by atoms with E-state index in [1.165, 1.54) is 5.56 Å². The van der Waals surface area contributed by atoms with Crippen LogP contribution in [0.5, 0.6) is 0 Å². The summed E-state index contributed by atoms with van der Waals surface area (Å²) in [7, 11) is 0. The number of nitrogens with one attached hydrogen (secondary N) is 1. The lowest BCUT2D eigenvalue weighted by Crippen LogP contribution is -2.26. The average molecular weight is 322 g/mol. The second-order valence-corrected chi connectivity index (χ2v) is 5.33. The summed E-state index contributed by atoms with van der Waals surface area (Å²) in [6, 6.07) is 15.7. The second-order valence-electron chi connectivity index (χ2n) is 5.33. The lowest BCUT2D eigenvalue weighted by atomic mass is 10.1. The Morgan fingerprint density at radius 3 is 2.71 bits per heavy atom. The molecule has 0 saturated carbocycles. The standard InChI is InChI=1S/C17H18N6O/c24-17(19-13-15-8-4-5-10-18-15)12-16-20-21-22-23(16)11-9-14-6-2-1-3-7-14/h1-8,10H,9,11-13H2,(H,19,24). The Labute approximate surface area is 139 Å². The van der Waals surface area contributed by atoms with Crippen LogP contribution in [0.25, 0.3) is 0 Å². The summed E-state index contributed by atoms with van der Waals surface area (Å²) < 4.78 is 1.67. The Kier molecular flexibility index (Phi) is 5.24.